The van der Waals surface area contributed by atoms with Crippen LogP contribution in [0, 0.1) is 5.82 Å². The summed E-state index contributed by atoms with van der Waals surface area (Å²) in [6, 6.07) is 11.0. The smallest absolute Gasteiger partial charge is 0.264 e. The van der Waals surface area contributed by atoms with Crippen molar-refractivity contribution in [1.82, 2.24) is 0 Å². The average Bonchev–Trinajstić information content (AvgIpc) is 2.84. The SMILES string of the molecule is CCCC(=O)CC1(O)C(=O)N(Cc2ccc(OC)cc2)c2ccc(F)cc21. The van der Waals surface area contributed by atoms with Crippen molar-refractivity contribution in [3.05, 3.63) is 59.4 Å². The van der Waals surface area contributed by atoms with Gasteiger partial charge >= 0.3 is 0 Å². The summed E-state index contributed by atoms with van der Waals surface area (Å²) < 4.78 is 18.9. The number of nitrogens with zero attached hydrogens (tertiary/aromatic N) is 1. The molecule has 1 amide bonds. The van der Waals surface area contributed by atoms with Gasteiger partial charge in [-0.2, -0.15) is 0 Å². The van der Waals surface area contributed by atoms with E-state index in [0.717, 1.165) is 11.6 Å². The van der Waals surface area contributed by atoms with Crippen LogP contribution >= 0.6 is 0 Å². The molecule has 0 spiro atoms. The summed E-state index contributed by atoms with van der Waals surface area (Å²) in [7, 11) is 1.57. The van der Waals surface area contributed by atoms with Gasteiger partial charge in [0.1, 0.15) is 17.3 Å². The molecule has 0 saturated carbocycles. The number of anilines is 1. The summed E-state index contributed by atoms with van der Waals surface area (Å²) in [5.74, 6) is -0.705. The second kappa shape index (κ2) is 7.48. The van der Waals surface area contributed by atoms with E-state index in [2.05, 4.69) is 0 Å². The van der Waals surface area contributed by atoms with Gasteiger partial charge < -0.3 is 14.7 Å². The number of benzene rings is 2. The molecule has 27 heavy (non-hydrogen) atoms. The highest BCUT2D eigenvalue weighted by atomic mass is 19.1. The summed E-state index contributed by atoms with van der Waals surface area (Å²) in [4.78, 5) is 26.6. The number of amides is 1. The number of hydrogen-bond acceptors (Lipinski definition) is 4. The van der Waals surface area contributed by atoms with Gasteiger partial charge in [0.05, 0.1) is 19.3 Å². The predicted molar refractivity (Wildman–Crippen MR) is 99.0 cm³/mol. The molecule has 0 saturated heterocycles. The third-order valence-corrected chi connectivity index (χ3v) is 4.78. The lowest BCUT2D eigenvalue weighted by Crippen LogP contribution is -2.41. The number of carbonyl (C=O) groups is 2. The lowest BCUT2D eigenvalue weighted by molar-refractivity contribution is -0.142. The average molecular weight is 371 g/mol. The van der Waals surface area contributed by atoms with Crippen molar-refractivity contribution in [3.8, 4) is 5.75 Å². The van der Waals surface area contributed by atoms with Gasteiger partial charge in [-0.3, -0.25) is 9.59 Å². The van der Waals surface area contributed by atoms with E-state index in [1.807, 2.05) is 19.1 Å². The fraction of sp³-hybridized carbons (Fsp3) is 0.333. The topological polar surface area (TPSA) is 66.8 Å². The van der Waals surface area contributed by atoms with Crippen LogP contribution in [0.1, 0.15) is 37.3 Å². The molecule has 1 unspecified atom stereocenters. The van der Waals surface area contributed by atoms with E-state index < -0.39 is 17.3 Å². The fourth-order valence-corrected chi connectivity index (χ4v) is 3.42. The molecule has 3 rings (SSSR count). The molecule has 1 aliphatic rings. The van der Waals surface area contributed by atoms with Gasteiger partial charge in [0.25, 0.3) is 5.91 Å². The quantitative estimate of drug-likeness (QED) is 0.811. The first kappa shape index (κ1) is 19.0. The van der Waals surface area contributed by atoms with Gasteiger partial charge in [-0.1, -0.05) is 19.1 Å². The van der Waals surface area contributed by atoms with Crippen molar-refractivity contribution in [2.75, 3.05) is 12.0 Å². The van der Waals surface area contributed by atoms with Gasteiger partial charge in [-0.25, -0.2) is 4.39 Å². The number of ketones is 1. The Kier molecular flexibility index (Phi) is 5.28. The number of rotatable bonds is 7. The van der Waals surface area contributed by atoms with Crippen LogP contribution in [0.25, 0.3) is 0 Å². The van der Waals surface area contributed by atoms with Crippen molar-refractivity contribution in [2.45, 2.75) is 38.3 Å². The molecule has 6 heteroatoms. The number of halogens is 1. The van der Waals surface area contributed by atoms with Gasteiger partial charge in [-0.15, -0.1) is 0 Å². The summed E-state index contributed by atoms with van der Waals surface area (Å²) in [6.07, 6.45) is 0.530. The zero-order chi connectivity index (χ0) is 19.6. The molecular formula is C21H22FNO4. The first-order valence-corrected chi connectivity index (χ1v) is 8.88. The molecule has 142 valence electrons. The van der Waals surface area contributed by atoms with Crippen LogP contribution in [0.3, 0.4) is 0 Å². The monoisotopic (exact) mass is 371 g/mol. The van der Waals surface area contributed by atoms with E-state index in [-0.39, 0.29) is 30.7 Å². The fourth-order valence-electron chi connectivity index (χ4n) is 3.42. The Morgan fingerprint density at radius 1 is 1.22 bits per heavy atom. The third kappa shape index (κ3) is 3.57. The Morgan fingerprint density at radius 3 is 2.56 bits per heavy atom. The van der Waals surface area contributed by atoms with E-state index in [9.17, 15) is 19.1 Å². The molecule has 0 aromatic heterocycles. The normalized spacial score (nSPS) is 18.5. The minimum Gasteiger partial charge on any atom is -0.497 e. The Morgan fingerprint density at radius 2 is 1.93 bits per heavy atom. The van der Waals surface area contributed by atoms with Crippen LogP contribution in [0.5, 0.6) is 5.75 Å². The molecule has 1 N–H and O–H groups in total. The standard InChI is InChI=1S/C21H22FNO4/c1-3-4-16(24)12-21(26)18-11-15(22)7-10-19(18)23(20(21)25)13-14-5-8-17(27-2)9-6-14/h5-11,26H,3-4,12-13H2,1-2H3. The second-order valence-corrected chi connectivity index (χ2v) is 6.73. The lowest BCUT2D eigenvalue weighted by Gasteiger charge is -2.23. The number of Topliss-reactive ketones (excluding diaryl/α,β-unsaturated/α-hetero) is 1. The number of methoxy groups -OCH3 is 1. The van der Waals surface area contributed by atoms with Crippen molar-refractivity contribution in [1.29, 1.82) is 0 Å². The maximum Gasteiger partial charge on any atom is 0.264 e. The lowest BCUT2D eigenvalue weighted by atomic mass is 9.89. The Bertz CT molecular complexity index is 865. The molecule has 1 atom stereocenters. The molecule has 2 aromatic carbocycles. The Hall–Kier alpha value is -2.73. The van der Waals surface area contributed by atoms with Gasteiger partial charge in [0.2, 0.25) is 0 Å². The van der Waals surface area contributed by atoms with Crippen LogP contribution in [0.15, 0.2) is 42.5 Å². The van der Waals surface area contributed by atoms with Crippen LogP contribution < -0.4 is 9.64 Å². The first-order chi connectivity index (χ1) is 12.9. The van der Waals surface area contributed by atoms with Gasteiger partial charge in [0, 0.05) is 18.4 Å². The molecule has 0 bridgehead atoms. The molecule has 1 heterocycles. The summed E-state index contributed by atoms with van der Waals surface area (Å²) >= 11 is 0. The van der Waals surface area contributed by atoms with E-state index >= 15 is 0 Å². The molecule has 0 fully saturated rings. The largest absolute Gasteiger partial charge is 0.497 e. The Balaban J connectivity index is 1.96. The first-order valence-electron chi connectivity index (χ1n) is 8.88. The maximum absolute atomic E-state index is 13.8. The van der Waals surface area contributed by atoms with Crippen LogP contribution in [0.4, 0.5) is 10.1 Å². The van der Waals surface area contributed by atoms with E-state index in [1.165, 1.54) is 17.0 Å². The molecule has 2 aromatic rings. The van der Waals surface area contributed by atoms with Gasteiger partial charge in [-0.05, 0) is 42.3 Å². The van der Waals surface area contributed by atoms with Crippen molar-refractivity contribution in [3.63, 3.8) is 0 Å². The number of hydrogen-bond donors (Lipinski definition) is 1. The summed E-state index contributed by atoms with van der Waals surface area (Å²) in [6.45, 7) is 2.05. The van der Waals surface area contributed by atoms with Crippen molar-refractivity contribution in [2.24, 2.45) is 0 Å². The maximum atomic E-state index is 13.8. The zero-order valence-electron chi connectivity index (χ0n) is 15.4. The summed E-state index contributed by atoms with van der Waals surface area (Å²) in [5, 5.41) is 11.1. The number of carbonyl (C=O) groups excluding carboxylic acids is 2. The minimum atomic E-state index is -2.03. The predicted octanol–water partition coefficient (Wildman–Crippen LogP) is 3.33. The highest BCUT2D eigenvalue weighted by Gasteiger charge is 2.50. The molecular weight excluding hydrogens is 349 g/mol. The number of ether oxygens (including phenoxy) is 1. The van der Waals surface area contributed by atoms with E-state index in [1.54, 1.807) is 19.2 Å². The van der Waals surface area contributed by atoms with Crippen LogP contribution in [-0.4, -0.2) is 23.9 Å². The third-order valence-electron chi connectivity index (χ3n) is 4.78. The summed E-state index contributed by atoms with van der Waals surface area (Å²) in [5.41, 5.74) is -0.645. The molecule has 0 radical (unpaired) electrons. The number of aliphatic hydroxyl groups is 1. The highest BCUT2D eigenvalue weighted by Crippen LogP contribution is 2.43. The van der Waals surface area contributed by atoms with Crippen molar-refractivity contribution >= 4 is 17.4 Å². The van der Waals surface area contributed by atoms with Crippen molar-refractivity contribution < 1.29 is 23.8 Å². The van der Waals surface area contributed by atoms with Crippen LogP contribution in [0.2, 0.25) is 0 Å². The zero-order valence-corrected chi connectivity index (χ0v) is 15.4. The Labute approximate surface area is 157 Å². The molecule has 5 nitrogen and oxygen atoms in total. The highest BCUT2D eigenvalue weighted by molar-refractivity contribution is 6.08. The van der Waals surface area contributed by atoms with Gasteiger partial charge in [0.15, 0.2) is 5.60 Å². The second-order valence-electron chi connectivity index (χ2n) is 6.73. The van der Waals surface area contributed by atoms with E-state index in [0.29, 0.717) is 17.9 Å². The number of fused-ring (bicyclic) bond motifs is 1. The minimum absolute atomic E-state index is 0.144. The van der Waals surface area contributed by atoms with Crippen LogP contribution in [-0.2, 0) is 21.7 Å². The van der Waals surface area contributed by atoms with E-state index in [4.69, 9.17) is 4.74 Å². The molecule has 0 aliphatic carbocycles. The molecule has 1 aliphatic heterocycles.